The summed E-state index contributed by atoms with van der Waals surface area (Å²) in [6.07, 6.45) is 3.66. The predicted octanol–water partition coefficient (Wildman–Crippen LogP) is 3.56. The zero-order valence-corrected chi connectivity index (χ0v) is 14.0. The fraction of sp³-hybridized carbons (Fsp3) is 0.562. The highest BCUT2D eigenvalue weighted by Crippen LogP contribution is 2.19. The van der Waals surface area contributed by atoms with Crippen LogP contribution in [0, 0.1) is 5.92 Å². The highest BCUT2D eigenvalue weighted by molar-refractivity contribution is 9.10. The minimum atomic E-state index is 0.205. The fourth-order valence-electron chi connectivity index (χ4n) is 2.28. The van der Waals surface area contributed by atoms with E-state index in [4.69, 9.17) is 5.73 Å². The van der Waals surface area contributed by atoms with Crippen molar-refractivity contribution in [2.24, 2.45) is 11.7 Å². The van der Waals surface area contributed by atoms with Crippen molar-refractivity contribution in [3.05, 3.63) is 34.3 Å². The number of halogens is 1. The van der Waals surface area contributed by atoms with Crippen LogP contribution in [0.1, 0.15) is 38.2 Å². The summed E-state index contributed by atoms with van der Waals surface area (Å²) in [6.45, 7) is 3.52. The number of hydrogen-bond donors (Lipinski definition) is 1. The van der Waals surface area contributed by atoms with Crippen LogP contribution in [0.5, 0.6) is 0 Å². The summed E-state index contributed by atoms with van der Waals surface area (Å²) < 4.78 is 1.05. The molecule has 1 amide bonds. The highest BCUT2D eigenvalue weighted by atomic mass is 79.9. The van der Waals surface area contributed by atoms with Crippen LogP contribution in [-0.4, -0.2) is 24.4 Å². The van der Waals surface area contributed by atoms with Crippen molar-refractivity contribution < 1.29 is 4.79 Å². The van der Waals surface area contributed by atoms with Gasteiger partial charge in [-0.1, -0.05) is 47.5 Å². The van der Waals surface area contributed by atoms with Crippen molar-refractivity contribution in [1.29, 1.82) is 0 Å². The van der Waals surface area contributed by atoms with E-state index in [2.05, 4.69) is 22.9 Å². The van der Waals surface area contributed by atoms with Crippen molar-refractivity contribution >= 4 is 21.8 Å². The maximum atomic E-state index is 12.2. The maximum absolute atomic E-state index is 12.2. The van der Waals surface area contributed by atoms with E-state index in [0.717, 1.165) is 29.3 Å². The summed E-state index contributed by atoms with van der Waals surface area (Å²) in [7, 11) is 1.87. The summed E-state index contributed by atoms with van der Waals surface area (Å²) in [6, 6.07) is 8.01. The van der Waals surface area contributed by atoms with Crippen molar-refractivity contribution in [1.82, 2.24) is 4.90 Å². The molecule has 0 spiro atoms. The van der Waals surface area contributed by atoms with Crippen molar-refractivity contribution in [3.8, 4) is 0 Å². The lowest BCUT2D eigenvalue weighted by Gasteiger charge is -2.20. The van der Waals surface area contributed by atoms with Gasteiger partial charge in [-0.25, -0.2) is 0 Å². The average molecular weight is 341 g/mol. The molecular formula is C16H25BrN2O. The summed E-state index contributed by atoms with van der Waals surface area (Å²) in [5.74, 6) is 0.775. The maximum Gasteiger partial charge on any atom is 0.222 e. The number of hydrogen-bond acceptors (Lipinski definition) is 2. The van der Waals surface area contributed by atoms with Gasteiger partial charge in [0.25, 0.3) is 0 Å². The molecule has 1 unspecified atom stereocenters. The smallest absolute Gasteiger partial charge is 0.222 e. The summed E-state index contributed by atoms with van der Waals surface area (Å²) >= 11 is 3.52. The van der Waals surface area contributed by atoms with Gasteiger partial charge in [0, 0.05) is 24.5 Å². The van der Waals surface area contributed by atoms with Gasteiger partial charge >= 0.3 is 0 Å². The lowest BCUT2D eigenvalue weighted by Crippen LogP contribution is -2.26. The first-order valence-electron chi connectivity index (χ1n) is 7.25. The molecule has 3 nitrogen and oxygen atoms in total. The highest BCUT2D eigenvalue weighted by Gasteiger charge is 2.13. The van der Waals surface area contributed by atoms with Crippen molar-refractivity contribution in [2.75, 3.05) is 13.6 Å². The molecule has 0 radical (unpaired) electrons. The zero-order valence-electron chi connectivity index (χ0n) is 12.4. The molecule has 112 valence electrons. The molecule has 1 rings (SSSR count). The number of benzene rings is 1. The van der Waals surface area contributed by atoms with Crippen LogP contribution < -0.4 is 5.73 Å². The molecule has 1 aromatic rings. The third-order valence-electron chi connectivity index (χ3n) is 3.71. The third kappa shape index (κ3) is 5.63. The van der Waals surface area contributed by atoms with E-state index in [0.29, 0.717) is 25.4 Å². The standard InChI is InChI=1S/C16H25BrN2O/c1-3-13(10-11-18)8-9-16(20)19(2)12-14-6-4-5-7-15(14)17/h4-7,13H,3,8-12,18H2,1-2H3. The second-order valence-corrected chi connectivity index (χ2v) is 6.09. The quantitative estimate of drug-likeness (QED) is 0.786. The van der Waals surface area contributed by atoms with Crippen LogP contribution in [0.2, 0.25) is 0 Å². The lowest BCUT2D eigenvalue weighted by molar-refractivity contribution is -0.130. The van der Waals surface area contributed by atoms with Crippen LogP contribution in [-0.2, 0) is 11.3 Å². The van der Waals surface area contributed by atoms with E-state index < -0.39 is 0 Å². The Balaban J connectivity index is 2.45. The summed E-state index contributed by atoms with van der Waals surface area (Å²) in [5.41, 5.74) is 6.73. The Hall–Kier alpha value is -0.870. The Morgan fingerprint density at radius 1 is 1.35 bits per heavy atom. The van der Waals surface area contributed by atoms with E-state index >= 15 is 0 Å². The van der Waals surface area contributed by atoms with E-state index in [9.17, 15) is 4.79 Å². The first kappa shape index (κ1) is 17.2. The second-order valence-electron chi connectivity index (χ2n) is 5.23. The minimum absolute atomic E-state index is 0.205. The van der Waals surface area contributed by atoms with Crippen molar-refractivity contribution in [2.45, 2.75) is 39.2 Å². The molecule has 0 aliphatic rings. The molecule has 0 bridgehead atoms. The van der Waals surface area contributed by atoms with Gasteiger partial charge in [-0.3, -0.25) is 4.79 Å². The van der Waals surface area contributed by atoms with Gasteiger partial charge in [0.15, 0.2) is 0 Å². The predicted molar refractivity (Wildman–Crippen MR) is 87.3 cm³/mol. The largest absolute Gasteiger partial charge is 0.341 e. The van der Waals surface area contributed by atoms with E-state index in [1.54, 1.807) is 4.90 Å². The average Bonchev–Trinajstić information content (AvgIpc) is 2.45. The molecule has 0 saturated heterocycles. The molecule has 0 aliphatic carbocycles. The Morgan fingerprint density at radius 3 is 2.65 bits per heavy atom. The zero-order chi connectivity index (χ0) is 15.0. The van der Waals surface area contributed by atoms with Gasteiger partial charge in [-0.15, -0.1) is 0 Å². The molecule has 0 fully saturated rings. The Kier molecular flexibility index (Phi) is 7.85. The molecular weight excluding hydrogens is 316 g/mol. The SMILES string of the molecule is CCC(CCN)CCC(=O)N(C)Cc1ccccc1Br. The first-order chi connectivity index (χ1) is 9.58. The number of rotatable bonds is 8. The fourth-order valence-corrected chi connectivity index (χ4v) is 2.69. The molecule has 0 saturated carbocycles. The van der Waals surface area contributed by atoms with Gasteiger partial charge in [-0.05, 0) is 36.9 Å². The summed E-state index contributed by atoms with van der Waals surface area (Å²) in [5, 5.41) is 0. The minimum Gasteiger partial charge on any atom is -0.341 e. The number of nitrogens with zero attached hydrogens (tertiary/aromatic N) is 1. The van der Waals surface area contributed by atoms with E-state index in [-0.39, 0.29) is 5.91 Å². The van der Waals surface area contributed by atoms with Crippen LogP contribution >= 0.6 is 15.9 Å². The second kappa shape index (κ2) is 9.14. The van der Waals surface area contributed by atoms with Gasteiger partial charge in [0.1, 0.15) is 0 Å². The van der Waals surface area contributed by atoms with Gasteiger partial charge in [-0.2, -0.15) is 0 Å². The number of carbonyl (C=O) groups is 1. The molecule has 1 aromatic carbocycles. The van der Waals surface area contributed by atoms with Gasteiger partial charge in [0.2, 0.25) is 5.91 Å². The van der Waals surface area contributed by atoms with Gasteiger partial charge in [0.05, 0.1) is 0 Å². The van der Waals surface area contributed by atoms with Crippen LogP contribution in [0.3, 0.4) is 0 Å². The third-order valence-corrected chi connectivity index (χ3v) is 4.48. The Morgan fingerprint density at radius 2 is 2.05 bits per heavy atom. The topological polar surface area (TPSA) is 46.3 Å². The molecule has 1 atom stereocenters. The monoisotopic (exact) mass is 340 g/mol. The van der Waals surface area contributed by atoms with Crippen molar-refractivity contribution in [3.63, 3.8) is 0 Å². The molecule has 4 heteroatoms. The van der Waals surface area contributed by atoms with Crippen LogP contribution in [0.4, 0.5) is 0 Å². The van der Waals surface area contributed by atoms with Crippen LogP contribution in [0.15, 0.2) is 28.7 Å². The lowest BCUT2D eigenvalue weighted by atomic mass is 9.96. The number of amides is 1. The molecule has 0 heterocycles. The molecule has 0 aliphatic heterocycles. The van der Waals surface area contributed by atoms with E-state index in [1.807, 2.05) is 31.3 Å². The van der Waals surface area contributed by atoms with E-state index in [1.165, 1.54) is 0 Å². The molecule has 20 heavy (non-hydrogen) atoms. The Bertz CT molecular complexity index is 423. The first-order valence-corrected chi connectivity index (χ1v) is 8.05. The molecule has 0 aromatic heterocycles. The normalized spacial score (nSPS) is 12.2. The van der Waals surface area contributed by atoms with Gasteiger partial charge < -0.3 is 10.6 Å². The number of nitrogens with two attached hydrogens (primary N) is 1. The molecule has 2 N–H and O–H groups in total. The summed E-state index contributed by atoms with van der Waals surface area (Å²) in [4.78, 5) is 14.0. The number of carbonyl (C=O) groups excluding carboxylic acids is 1. The van der Waals surface area contributed by atoms with Crippen LogP contribution in [0.25, 0.3) is 0 Å². The Labute approximate surface area is 130 Å².